The van der Waals surface area contributed by atoms with Crippen molar-refractivity contribution in [2.75, 3.05) is 31.1 Å². The van der Waals surface area contributed by atoms with Gasteiger partial charge >= 0.3 is 0 Å². The van der Waals surface area contributed by atoms with Crippen molar-refractivity contribution in [3.05, 3.63) is 65.0 Å². The summed E-state index contributed by atoms with van der Waals surface area (Å²) in [6.07, 6.45) is 0. The van der Waals surface area contributed by atoms with E-state index in [9.17, 15) is 4.79 Å². The normalized spacial score (nSPS) is 14.4. The molecule has 0 unspecified atom stereocenters. The topological polar surface area (TPSA) is 62.5 Å². The Morgan fingerprint density at radius 3 is 2.32 bits per heavy atom. The third-order valence-electron chi connectivity index (χ3n) is 5.19. The Morgan fingerprint density at radius 2 is 1.61 bits per heavy atom. The van der Waals surface area contributed by atoms with Gasteiger partial charge in [0, 0.05) is 37.4 Å². The Bertz CT molecular complexity index is 986. The molecule has 0 radical (unpaired) electrons. The summed E-state index contributed by atoms with van der Waals surface area (Å²) in [6.45, 7) is 9.10. The highest BCUT2D eigenvalue weighted by Gasteiger charge is 2.26. The van der Waals surface area contributed by atoms with Crippen molar-refractivity contribution in [1.82, 2.24) is 15.0 Å². The summed E-state index contributed by atoms with van der Waals surface area (Å²) in [4.78, 5) is 21.2. The molecule has 2 heterocycles. The molecule has 28 heavy (non-hydrogen) atoms. The Balaban J connectivity index is 1.43. The van der Waals surface area contributed by atoms with Gasteiger partial charge in [-0.3, -0.25) is 4.79 Å². The number of hydrogen-bond donors (Lipinski definition) is 0. The van der Waals surface area contributed by atoms with E-state index >= 15 is 0 Å². The first-order chi connectivity index (χ1) is 13.5. The van der Waals surface area contributed by atoms with E-state index in [1.165, 1.54) is 16.8 Å². The summed E-state index contributed by atoms with van der Waals surface area (Å²) in [5.41, 5.74) is 5.72. The fraction of sp³-hybridized carbons (Fsp3) is 0.318. The number of aromatic nitrogens is 2. The molecule has 4 rings (SSSR count). The molecule has 0 aliphatic carbocycles. The molecule has 1 fully saturated rings. The van der Waals surface area contributed by atoms with Gasteiger partial charge in [-0.15, -0.1) is 0 Å². The quantitative estimate of drug-likeness (QED) is 0.699. The molecule has 6 nitrogen and oxygen atoms in total. The average molecular weight is 376 g/mol. The van der Waals surface area contributed by atoms with Crippen LogP contribution in [0.1, 0.15) is 27.3 Å². The summed E-state index contributed by atoms with van der Waals surface area (Å²) in [5.74, 6) is 0.316. The van der Waals surface area contributed by atoms with Crippen LogP contribution in [0.3, 0.4) is 0 Å². The number of rotatable bonds is 3. The predicted molar refractivity (Wildman–Crippen MR) is 109 cm³/mol. The van der Waals surface area contributed by atoms with Gasteiger partial charge in [0.15, 0.2) is 0 Å². The molecule has 0 bridgehead atoms. The molecule has 1 aliphatic heterocycles. The highest BCUT2D eigenvalue weighted by atomic mass is 16.5. The summed E-state index contributed by atoms with van der Waals surface area (Å²) < 4.78 is 5.30. The summed E-state index contributed by atoms with van der Waals surface area (Å²) in [6, 6.07) is 14.3. The molecule has 1 amide bonds. The number of anilines is 1. The molecule has 6 heteroatoms. The minimum Gasteiger partial charge on any atom is -0.368 e. The number of benzene rings is 2. The molecular weight excluding hydrogens is 352 g/mol. The number of hydrogen-bond acceptors (Lipinski definition) is 5. The smallest absolute Gasteiger partial charge is 0.295 e. The molecule has 2 aromatic carbocycles. The van der Waals surface area contributed by atoms with E-state index in [2.05, 4.69) is 47.1 Å². The van der Waals surface area contributed by atoms with Crippen molar-refractivity contribution in [3.63, 3.8) is 0 Å². The minimum absolute atomic E-state index is 0.121. The van der Waals surface area contributed by atoms with Crippen LogP contribution >= 0.6 is 0 Å². The molecule has 1 aliphatic rings. The lowest BCUT2D eigenvalue weighted by Crippen LogP contribution is -2.49. The van der Waals surface area contributed by atoms with Crippen LogP contribution in [0.5, 0.6) is 0 Å². The Morgan fingerprint density at radius 1 is 0.929 bits per heavy atom. The van der Waals surface area contributed by atoms with Gasteiger partial charge in [-0.2, -0.15) is 4.98 Å². The van der Waals surface area contributed by atoms with Crippen LogP contribution in [0.15, 0.2) is 47.0 Å². The van der Waals surface area contributed by atoms with E-state index in [1.54, 1.807) is 4.90 Å². The van der Waals surface area contributed by atoms with E-state index < -0.39 is 0 Å². The van der Waals surface area contributed by atoms with Crippen LogP contribution < -0.4 is 4.90 Å². The van der Waals surface area contributed by atoms with Crippen LogP contribution in [0.2, 0.25) is 0 Å². The number of aryl methyl sites for hydroxylation is 3. The van der Waals surface area contributed by atoms with Gasteiger partial charge < -0.3 is 14.3 Å². The largest absolute Gasteiger partial charge is 0.368 e. The van der Waals surface area contributed by atoms with Gasteiger partial charge in [0.2, 0.25) is 0 Å². The monoisotopic (exact) mass is 376 g/mol. The van der Waals surface area contributed by atoms with Crippen LogP contribution in [0.4, 0.5) is 5.69 Å². The maximum absolute atomic E-state index is 12.8. The molecule has 3 aromatic rings. The van der Waals surface area contributed by atoms with Crippen LogP contribution in [0, 0.1) is 20.8 Å². The second-order valence-corrected chi connectivity index (χ2v) is 7.36. The van der Waals surface area contributed by atoms with Crippen LogP contribution in [-0.4, -0.2) is 47.1 Å². The number of piperazine rings is 1. The first kappa shape index (κ1) is 18.2. The van der Waals surface area contributed by atoms with Crippen molar-refractivity contribution in [3.8, 4) is 11.5 Å². The van der Waals surface area contributed by atoms with E-state index in [0.717, 1.165) is 24.2 Å². The lowest BCUT2D eigenvalue weighted by Gasteiger charge is -2.36. The van der Waals surface area contributed by atoms with Gasteiger partial charge in [0.1, 0.15) is 0 Å². The maximum Gasteiger partial charge on any atom is 0.295 e. The summed E-state index contributed by atoms with van der Waals surface area (Å²) in [5, 5.41) is 3.90. The molecule has 1 saturated heterocycles. The molecular formula is C22H24N4O2. The predicted octanol–water partition coefficient (Wildman–Crippen LogP) is 3.62. The van der Waals surface area contributed by atoms with Gasteiger partial charge in [-0.05, 0) is 50.1 Å². The van der Waals surface area contributed by atoms with Crippen molar-refractivity contribution >= 4 is 11.6 Å². The Kier molecular flexibility index (Phi) is 4.86. The number of amides is 1. The second kappa shape index (κ2) is 7.46. The summed E-state index contributed by atoms with van der Waals surface area (Å²) >= 11 is 0. The third-order valence-corrected chi connectivity index (χ3v) is 5.19. The van der Waals surface area contributed by atoms with Gasteiger partial charge in [0.25, 0.3) is 17.6 Å². The first-order valence-electron chi connectivity index (χ1n) is 9.53. The van der Waals surface area contributed by atoms with Crippen LogP contribution in [0.25, 0.3) is 11.5 Å². The van der Waals surface area contributed by atoms with Crippen molar-refractivity contribution in [1.29, 1.82) is 0 Å². The zero-order chi connectivity index (χ0) is 19.7. The maximum atomic E-state index is 12.8. The lowest BCUT2D eigenvalue weighted by atomic mass is 10.1. The Labute approximate surface area is 164 Å². The van der Waals surface area contributed by atoms with E-state index in [4.69, 9.17) is 4.52 Å². The van der Waals surface area contributed by atoms with Crippen molar-refractivity contribution < 1.29 is 9.32 Å². The Hall–Kier alpha value is -3.15. The highest BCUT2D eigenvalue weighted by molar-refractivity contribution is 5.91. The highest BCUT2D eigenvalue weighted by Crippen LogP contribution is 2.23. The zero-order valence-electron chi connectivity index (χ0n) is 16.5. The van der Waals surface area contributed by atoms with E-state index in [-0.39, 0.29) is 11.7 Å². The van der Waals surface area contributed by atoms with Gasteiger partial charge in [-0.25, -0.2) is 0 Å². The molecule has 144 valence electrons. The molecule has 0 spiro atoms. The van der Waals surface area contributed by atoms with Gasteiger partial charge in [0.05, 0.1) is 0 Å². The molecule has 0 saturated carbocycles. The molecule has 1 aromatic heterocycles. The third kappa shape index (κ3) is 3.63. The van der Waals surface area contributed by atoms with Crippen molar-refractivity contribution in [2.45, 2.75) is 20.8 Å². The standard InChI is InChI=1S/C22H24N4O2/c1-15-5-8-18(9-6-15)21-23-20(24-28-21)22(27)26-12-10-25(11-13-26)19-14-16(2)4-7-17(19)3/h4-9,14H,10-13H2,1-3H3. The molecule has 0 N–H and O–H groups in total. The number of carbonyl (C=O) groups excluding carboxylic acids is 1. The lowest BCUT2D eigenvalue weighted by molar-refractivity contribution is 0.0731. The van der Waals surface area contributed by atoms with Crippen molar-refractivity contribution in [2.24, 2.45) is 0 Å². The number of nitrogens with zero attached hydrogens (tertiary/aromatic N) is 4. The first-order valence-corrected chi connectivity index (χ1v) is 9.53. The van der Waals surface area contributed by atoms with Crippen LogP contribution in [-0.2, 0) is 0 Å². The number of carbonyl (C=O) groups is 1. The van der Waals surface area contributed by atoms with E-state index in [0.29, 0.717) is 19.0 Å². The average Bonchev–Trinajstić information content (AvgIpc) is 3.20. The summed E-state index contributed by atoms with van der Waals surface area (Å²) in [7, 11) is 0. The fourth-order valence-corrected chi connectivity index (χ4v) is 3.48. The van der Waals surface area contributed by atoms with Gasteiger partial charge in [-0.1, -0.05) is 35.0 Å². The zero-order valence-corrected chi connectivity index (χ0v) is 16.5. The minimum atomic E-state index is -0.178. The van der Waals surface area contributed by atoms with E-state index in [1.807, 2.05) is 31.2 Å². The SMILES string of the molecule is Cc1ccc(-c2nc(C(=O)N3CCN(c4cc(C)ccc4C)CC3)no2)cc1. The molecule has 0 atom stereocenters. The fourth-order valence-electron chi connectivity index (χ4n) is 3.48. The second-order valence-electron chi connectivity index (χ2n) is 7.36.